The second-order valence-corrected chi connectivity index (χ2v) is 6.18. The second kappa shape index (κ2) is 8.38. The summed E-state index contributed by atoms with van der Waals surface area (Å²) in [6.07, 6.45) is 3.08. The molecule has 0 saturated carbocycles. The van der Waals surface area contributed by atoms with Gasteiger partial charge in [-0.05, 0) is 24.1 Å². The van der Waals surface area contributed by atoms with Crippen molar-refractivity contribution in [3.8, 4) is 23.0 Å². The summed E-state index contributed by atoms with van der Waals surface area (Å²) < 4.78 is 16.9. The SMILES string of the molecule is COc1cc(Oc2cnc(N)nc2Nc2cccnn2)c(C(C)C)cc1OC. The summed E-state index contributed by atoms with van der Waals surface area (Å²) >= 11 is 0. The standard InChI is InChI=1S/C19H22N6O3/c1-11(2)12-8-14(26-3)15(27-4)9-13(12)28-16-10-21-19(20)24-18(16)23-17-6-5-7-22-25-17/h5-11H,1-4H3,(H3,20,21,23,24,25). The van der Waals surface area contributed by atoms with Crippen LogP contribution in [0.2, 0.25) is 0 Å². The van der Waals surface area contributed by atoms with Crippen molar-refractivity contribution in [1.82, 2.24) is 20.2 Å². The molecule has 0 aliphatic rings. The van der Waals surface area contributed by atoms with Crippen LogP contribution in [0.5, 0.6) is 23.0 Å². The lowest BCUT2D eigenvalue weighted by molar-refractivity contribution is 0.350. The molecular weight excluding hydrogens is 360 g/mol. The van der Waals surface area contributed by atoms with Crippen molar-refractivity contribution in [1.29, 1.82) is 0 Å². The van der Waals surface area contributed by atoms with E-state index in [1.54, 1.807) is 38.6 Å². The average Bonchev–Trinajstić information content (AvgIpc) is 2.70. The highest BCUT2D eigenvalue weighted by Gasteiger charge is 2.18. The van der Waals surface area contributed by atoms with Crippen LogP contribution in [0.3, 0.4) is 0 Å². The summed E-state index contributed by atoms with van der Waals surface area (Å²) in [7, 11) is 3.17. The van der Waals surface area contributed by atoms with Gasteiger partial charge in [-0.25, -0.2) is 4.98 Å². The Bertz CT molecular complexity index is 950. The van der Waals surface area contributed by atoms with Crippen molar-refractivity contribution in [2.45, 2.75) is 19.8 Å². The maximum absolute atomic E-state index is 6.14. The molecule has 0 aliphatic heterocycles. The highest BCUT2D eigenvalue weighted by Crippen LogP contribution is 2.41. The molecule has 3 N–H and O–H groups in total. The van der Waals surface area contributed by atoms with Gasteiger partial charge in [0.25, 0.3) is 0 Å². The van der Waals surface area contributed by atoms with E-state index in [-0.39, 0.29) is 11.9 Å². The minimum atomic E-state index is 0.107. The van der Waals surface area contributed by atoms with E-state index in [0.29, 0.717) is 34.6 Å². The molecule has 0 amide bonds. The average molecular weight is 382 g/mol. The monoisotopic (exact) mass is 382 g/mol. The van der Waals surface area contributed by atoms with Gasteiger partial charge in [0.05, 0.1) is 20.4 Å². The minimum absolute atomic E-state index is 0.107. The first-order chi connectivity index (χ1) is 13.5. The van der Waals surface area contributed by atoms with E-state index in [9.17, 15) is 0 Å². The molecule has 2 heterocycles. The third kappa shape index (κ3) is 4.20. The molecule has 3 aromatic rings. The van der Waals surface area contributed by atoms with Gasteiger partial charge in [0.15, 0.2) is 28.9 Å². The number of anilines is 3. The molecule has 0 saturated heterocycles. The molecule has 3 rings (SSSR count). The van der Waals surface area contributed by atoms with E-state index >= 15 is 0 Å². The number of nitrogens with zero attached hydrogens (tertiary/aromatic N) is 4. The van der Waals surface area contributed by atoms with Gasteiger partial charge in [-0.1, -0.05) is 13.8 Å². The number of rotatable bonds is 7. The Balaban J connectivity index is 2.01. The number of nitrogens with one attached hydrogen (secondary N) is 1. The predicted molar refractivity (Wildman–Crippen MR) is 105 cm³/mol. The van der Waals surface area contributed by atoms with Gasteiger partial charge in [-0.15, -0.1) is 5.10 Å². The van der Waals surface area contributed by atoms with Crippen LogP contribution in [-0.2, 0) is 0 Å². The summed E-state index contributed by atoms with van der Waals surface area (Å²) in [5.41, 5.74) is 6.69. The minimum Gasteiger partial charge on any atom is -0.493 e. The van der Waals surface area contributed by atoms with Crippen molar-refractivity contribution in [2.24, 2.45) is 0 Å². The summed E-state index contributed by atoms with van der Waals surface area (Å²) in [4.78, 5) is 8.26. The number of hydrogen-bond acceptors (Lipinski definition) is 9. The molecule has 0 bridgehead atoms. The van der Waals surface area contributed by atoms with E-state index in [2.05, 4.69) is 39.3 Å². The van der Waals surface area contributed by atoms with Crippen LogP contribution >= 0.6 is 0 Å². The molecular formula is C19H22N6O3. The topological polar surface area (TPSA) is 117 Å². The first-order valence-corrected chi connectivity index (χ1v) is 8.62. The third-order valence-electron chi connectivity index (χ3n) is 3.95. The van der Waals surface area contributed by atoms with Crippen molar-refractivity contribution in [3.63, 3.8) is 0 Å². The fourth-order valence-electron chi connectivity index (χ4n) is 2.57. The Morgan fingerprint density at radius 1 is 1.04 bits per heavy atom. The van der Waals surface area contributed by atoms with Crippen LogP contribution in [0, 0.1) is 0 Å². The van der Waals surface area contributed by atoms with Crippen molar-refractivity contribution in [2.75, 3.05) is 25.3 Å². The van der Waals surface area contributed by atoms with Crippen molar-refractivity contribution >= 4 is 17.6 Å². The van der Waals surface area contributed by atoms with E-state index < -0.39 is 0 Å². The molecule has 28 heavy (non-hydrogen) atoms. The number of benzene rings is 1. The highest BCUT2D eigenvalue weighted by molar-refractivity contribution is 5.62. The molecule has 1 aromatic carbocycles. The number of hydrogen-bond donors (Lipinski definition) is 2. The maximum atomic E-state index is 6.14. The van der Waals surface area contributed by atoms with Gasteiger partial charge in [-0.3, -0.25) is 0 Å². The lowest BCUT2D eigenvalue weighted by Gasteiger charge is -2.18. The number of aromatic nitrogens is 4. The van der Waals surface area contributed by atoms with E-state index in [4.69, 9.17) is 19.9 Å². The van der Waals surface area contributed by atoms with Crippen LogP contribution < -0.4 is 25.3 Å². The van der Waals surface area contributed by atoms with Gasteiger partial charge < -0.3 is 25.3 Å². The Labute approximate surface area is 162 Å². The Hall–Kier alpha value is -3.62. The summed E-state index contributed by atoms with van der Waals surface area (Å²) in [5.74, 6) is 3.33. The zero-order chi connectivity index (χ0) is 20.1. The van der Waals surface area contributed by atoms with Crippen LogP contribution in [0.15, 0.2) is 36.7 Å². The van der Waals surface area contributed by atoms with E-state index in [1.165, 1.54) is 6.20 Å². The number of nitrogens with two attached hydrogens (primary N) is 1. The first kappa shape index (κ1) is 19.2. The summed E-state index contributed by atoms with van der Waals surface area (Å²) in [6.45, 7) is 4.12. The summed E-state index contributed by atoms with van der Waals surface area (Å²) in [5, 5.41) is 10.9. The lowest BCUT2D eigenvalue weighted by Crippen LogP contribution is -2.05. The third-order valence-corrected chi connectivity index (χ3v) is 3.95. The first-order valence-electron chi connectivity index (χ1n) is 8.62. The fourth-order valence-corrected chi connectivity index (χ4v) is 2.57. The van der Waals surface area contributed by atoms with E-state index in [1.807, 2.05) is 6.07 Å². The van der Waals surface area contributed by atoms with Crippen LogP contribution in [0.1, 0.15) is 25.3 Å². The molecule has 2 aromatic heterocycles. The van der Waals surface area contributed by atoms with Gasteiger partial charge in [-0.2, -0.15) is 10.1 Å². The Kier molecular flexibility index (Phi) is 5.73. The molecule has 9 nitrogen and oxygen atoms in total. The summed E-state index contributed by atoms with van der Waals surface area (Å²) in [6, 6.07) is 7.18. The molecule has 146 valence electrons. The van der Waals surface area contributed by atoms with Gasteiger partial charge in [0, 0.05) is 17.8 Å². The molecule has 0 atom stereocenters. The Morgan fingerprint density at radius 3 is 2.43 bits per heavy atom. The second-order valence-electron chi connectivity index (χ2n) is 6.18. The van der Waals surface area contributed by atoms with Crippen LogP contribution in [0.4, 0.5) is 17.6 Å². The fraction of sp³-hybridized carbons (Fsp3) is 0.263. The largest absolute Gasteiger partial charge is 0.493 e. The molecule has 0 radical (unpaired) electrons. The van der Waals surface area contributed by atoms with Crippen LogP contribution in [0.25, 0.3) is 0 Å². The zero-order valence-electron chi connectivity index (χ0n) is 16.1. The highest BCUT2D eigenvalue weighted by atomic mass is 16.5. The van der Waals surface area contributed by atoms with Gasteiger partial charge in [0.1, 0.15) is 5.75 Å². The zero-order valence-corrected chi connectivity index (χ0v) is 16.1. The number of ether oxygens (including phenoxy) is 3. The molecule has 0 spiro atoms. The molecule has 9 heteroatoms. The molecule has 0 unspecified atom stereocenters. The molecule has 0 aliphatic carbocycles. The predicted octanol–water partition coefficient (Wildman–Crippen LogP) is 3.53. The van der Waals surface area contributed by atoms with E-state index in [0.717, 1.165) is 5.56 Å². The van der Waals surface area contributed by atoms with Crippen molar-refractivity contribution < 1.29 is 14.2 Å². The van der Waals surface area contributed by atoms with Gasteiger partial charge in [0.2, 0.25) is 5.95 Å². The van der Waals surface area contributed by atoms with Crippen LogP contribution in [-0.4, -0.2) is 34.4 Å². The number of methoxy groups -OCH3 is 2. The lowest BCUT2D eigenvalue weighted by atomic mass is 10.0. The van der Waals surface area contributed by atoms with Crippen molar-refractivity contribution in [3.05, 3.63) is 42.2 Å². The Morgan fingerprint density at radius 2 is 1.79 bits per heavy atom. The van der Waals surface area contributed by atoms with Gasteiger partial charge >= 0.3 is 0 Å². The normalized spacial score (nSPS) is 10.6. The smallest absolute Gasteiger partial charge is 0.222 e. The number of nitrogen functional groups attached to an aromatic ring is 1. The quantitative estimate of drug-likeness (QED) is 0.632. The molecule has 0 fully saturated rings. The maximum Gasteiger partial charge on any atom is 0.222 e.